The Labute approximate surface area is 176 Å². The fourth-order valence-corrected chi connectivity index (χ4v) is 3.54. The Bertz CT molecular complexity index is 926. The highest BCUT2D eigenvalue weighted by Crippen LogP contribution is 2.37. The number of ether oxygens (including phenoxy) is 1. The number of hydrogen-bond acceptors (Lipinski definition) is 7. The first-order valence-corrected chi connectivity index (χ1v) is 9.74. The summed E-state index contributed by atoms with van der Waals surface area (Å²) in [5.74, 6) is 0.00400. The molecular weight excluding hydrogens is 423 g/mol. The van der Waals surface area contributed by atoms with Crippen molar-refractivity contribution >= 4 is 40.6 Å². The van der Waals surface area contributed by atoms with E-state index in [9.17, 15) is 18.0 Å². The van der Waals surface area contributed by atoms with E-state index < -0.39 is 16.8 Å². The molecule has 1 aromatic carbocycles. The molecular formula is C19H21ClF3N5O2. The Morgan fingerprint density at radius 1 is 1.40 bits per heavy atom. The molecule has 3 rings (SSSR count). The third kappa shape index (κ3) is 4.86. The molecule has 1 aromatic heterocycles. The van der Waals surface area contributed by atoms with Crippen molar-refractivity contribution < 1.29 is 22.7 Å². The largest absolute Gasteiger partial charge is 0.466 e. The summed E-state index contributed by atoms with van der Waals surface area (Å²) in [6.07, 6.45) is -1.87. The molecule has 0 radical (unpaired) electrons. The second kappa shape index (κ2) is 8.95. The number of halogens is 4. The minimum Gasteiger partial charge on any atom is -0.466 e. The van der Waals surface area contributed by atoms with E-state index >= 15 is 0 Å². The van der Waals surface area contributed by atoms with Gasteiger partial charge in [-0.2, -0.15) is 13.2 Å². The topological polar surface area (TPSA) is 93.4 Å². The van der Waals surface area contributed by atoms with Gasteiger partial charge < -0.3 is 20.7 Å². The summed E-state index contributed by atoms with van der Waals surface area (Å²) in [5, 5.41) is 2.39. The van der Waals surface area contributed by atoms with Crippen molar-refractivity contribution in [3.05, 3.63) is 35.1 Å². The van der Waals surface area contributed by atoms with Crippen molar-refractivity contribution in [2.24, 2.45) is 5.92 Å². The fraction of sp³-hybridized carbons (Fsp3) is 0.421. The van der Waals surface area contributed by atoms with E-state index in [4.69, 9.17) is 22.1 Å². The van der Waals surface area contributed by atoms with Crippen molar-refractivity contribution in [2.45, 2.75) is 25.9 Å². The van der Waals surface area contributed by atoms with Gasteiger partial charge in [0.2, 0.25) is 0 Å². The number of anilines is 4. The summed E-state index contributed by atoms with van der Waals surface area (Å²) >= 11 is 5.66. The van der Waals surface area contributed by atoms with Crippen molar-refractivity contribution in [3.63, 3.8) is 0 Å². The molecule has 0 saturated carbocycles. The molecule has 0 bridgehead atoms. The van der Waals surface area contributed by atoms with Crippen LogP contribution in [0.15, 0.2) is 24.5 Å². The van der Waals surface area contributed by atoms with Gasteiger partial charge in [-0.25, -0.2) is 9.97 Å². The van der Waals surface area contributed by atoms with Crippen molar-refractivity contribution in [3.8, 4) is 0 Å². The average Bonchev–Trinajstić information content (AvgIpc) is 2.70. The van der Waals surface area contributed by atoms with Crippen LogP contribution in [-0.4, -0.2) is 35.6 Å². The SMILES string of the molecule is CCOC(=O)C1CCCN(c2ncnc(Nc3ccc(Cl)c(C(F)(F)F)c3)c2N)C1. The molecule has 0 spiro atoms. The first-order valence-electron chi connectivity index (χ1n) is 9.36. The smallest absolute Gasteiger partial charge is 0.417 e. The monoisotopic (exact) mass is 443 g/mol. The van der Waals surface area contributed by atoms with Gasteiger partial charge in [0.25, 0.3) is 0 Å². The normalized spacial score (nSPS) is 17.0. The van der Waals surface area contributed by atoms with Crippen LogP contribution in [0.5, 0.6) is 0 Å². The van der Waals surface area contributed by atoms with Gasteiger partial charge in [0.1, 0.15) is 12.0 Å². The molecule has 1 saturated heterocycles. The van der Waals surface area contributed by atoms with E-state index in [1.54, 1.807) is 6.92 Å². The quantitative estimate of drug-likeness (QED) is 0.667. The number of carbonyl (C=O) groups is 1. The lowest BCUT2D eigenvalue weighted by Crippen LogP contribution is -2.40. The third-order valence-corrected chi connectivity index (χ3v) is 5.07. The summed E-state index contributed by atoms with van der Waals surface area (Å²) in [6, 6.07) is 3.44. The van der Waals surface area contributed by atoms with Crippen LogP contribution in [0.2, 0.25) is 5.02 Å². The molecule has 1 unspecified atom stereocenters. The summed E-state index contributed by atoms with van der Waals surface area (Å²) < 4.78 is 44.4. The minimum atomic E-state index is -4.59. The molecule has 1 aliphatic rings. The number of aromatic nitrogens is 2. The first-order chi connectivity index (χ1) is 14.2. The summed E-state index contributed by atoms with van der Waals surface area (Å²) in [7, 11) is 0. The lowest BCUT2D eigenvalue weighted by atomic mass is 9.98. The predicted molar refractivity (Wildman–Crippen MR) is 108 cm³/mol. The predicted octanol–water partition coefficient (Wildman–Crippen LogP) is 4.25. The molecule has 0 aliphatic carbocycles. The van der Waals surface area contributed by atoms with Crippen LogP contribution in [0, 0.1) is 5.92 Å². The molecule has 7 nitrogen and oxygen atoms in total. The van der Waals surface area contributed by atoms with E-state index in [0.29, 0.717) is 31.9 Å². The highest BCUT2D eigenvalue weighted by Gasteiger charge is 2.33. The Morgan fingerprint density at radius 2 is 2.17 bits per heavy atom. The standard InChI is InChI=1S/C19H21ClF3N5O2/c1-2-30-18(29)11-4-3-7-28(9-11)17-15(24)16(25-10-26-17)27-12-5-6-14(20)13(8-12)19(21,22)23/h5-6,8,10-11H,2-4,7,9,24H2,1H3,(H,25,26,27). The highest BCUT2D eigenvalue weighted by atomic mass is 35.5. The van der Waals surface area contributed by atoms with E-state index in [-0.39, 0.29) is 29.1 Å². The first kappa shape index (κ1) is 21.9. The van der Waals surface area contributed by atoms with Gasteiger partial charge in [-0.05, 0) is 38.0 Å². The Kier molecular flexibility index (Phi) is 6.55. The number of nitrogen functional groups attached to an aromatic ring is 1. The summed E-state index contributed by atoms with van der Waals surface area (Å²) in [4.78, 5) is 22.2. The van der Waals surface area contributed by atoms with Gasteiger partial charge in [-0.3, -0.25) is 4.79 Å². The maximum absolute atomic E-state index is 13.1. The zero-order valence-corrected chi connectivity index (χ0v) is 16.9. The second-order valence-electron chi connectivity index (χ2n) is 6.81. The highest BCUT2D eigenvalue weighted by molar-refractivity contribution is 6.31. The van der Waals surface area contributed by atoms with Gasteiger partial charge in [0.05, 0.1) is 23.1 Å². The number of nitrogens with two attached hydrogens (primary N) is 1. The second-order valence-corrected chi connectivity index (χ2v) is 7.22. The van der Waals surface area contributed by atoms with E-state index in [1.165, 1.54) is 12.4 Å². The van der Waals surface area contributed by atoms with Crippen molar-refractivity contribution in [1.82, 2.24) is 9.97 Å². The number of piperidine rings is 1. The van der Waals surface area contributed by atoms with Crippen LogP contribution >= 0.6 is 11.6 Å². The fourth-order valence-electron chi connectivity index (χ4n) is 3.32. The molecule has 3 N–H and O–H groups in total. The molecule has 162 valence electrons. The average molecular weight is 444 g/mol. The van der Waals surface area contributed by atoms with Crippen LogP contribution < -0.4 is 16.0 Å². The molecule has 0 amide bonds. The van der Waals surface area contributed by atoms with Gasteiger partial charge in [-0.15, -0.1) is 0 Å². The number of rotatable bonds is 5. The number of esters is 1. The van der Waals surface area contributed by atoms with Crippen molar-refractivity contribution in [2.75, 3.05) is 35.6 Å². The number of benzene rings is 1. The molecule has 1 aliphatic heterocycles. The van der Waals surface area contributed by atoms with Crippen molar-refractivity contribution in [1.29, 1.82) is 0 Å². The Morgan fingerprint density at radius 3 is 2.87 bits per heavy atom. The molecule has 11 heteroatoms. The van der Waals surface area contributed by atoms with Gasteiger partial charge in [-0.1, -0.05) is 11.6 Å². The summed E-state index contributed by atoms with van der Waals surface area (Å²) in [5.41, 5.74) is 5.54. The molecule has 2 heterocycles. The number of nitrogens with zero attached hydrogens (tertiary/aromatic N) is 3. The Balaban J connectivity index is 1.83. The van der Waals surface area contributed by atoms with Gasteiger partial charge in [0, 0.05) is 18.8 Å². The summed E-state index contributed by atoms with van der Waals surface area (Å²) in [6.45, 7) is 3.08. The molecule has 1 fully saturated rings. The molecule has 1 atom stereocenters. The number of hydrogen-bond donors (Lipinski definition) is 2. The van der Waals surface area contributed by atoms with E-state index in [1.807, 2.05) is 4.90 Å². The zero-order chi connectivity index (χ0) is 21.9. The maximum Gasteiger partial charge on any atom is 0.417 e. The third-order valence-electron chi connectivity index (χ3n) is 4.74. The van der Waals surface area contributed by atoms with Crippen LogP contribution in [0.3, 0.4) is 0 Å². The van der Waals surface area contributed by atoms with E-state index in [2.05, 4.69) is 15.3 Å². The molecule has 30 heavy (non-hydrogen) atoms. The van der Waals surface area contributed by atoms with Crippen LogP contribution in [0.1, 0.15) is 25.3 Å². The lowest BCUT2D eigenvalue weighted by molar-refractivity contribution is -0.148. The van der Waals surface area contributed by atoms with Crippen LogP contribution in [0.4, 0.5) is 36.2 Å². The number of carbonyl (C=O) groups excluding carboxylic acids is 1. The van der Waals surface area contributed by atoms with Crippen LogP contribution in [0.25, 0.3) is 0 Å². The van der Waals surface area contributed by atoms with Gasteiger partial charge >= 0.3 is 12.1 Å². The Hall–Kier alpha value is -2.75. The number of alkyl halides is 3. The van der Waals surface area contributed by atoms with E-state index in [0.717, 1.165) is 18.6 Å². The molecule has 2 aromatic rings. The van der Waals surface area contributed by atoms with Gasteiger partial charge in [0.15, 0.2) is 11.6 Å². The minimum absolute atomic E-state index is 0.131. The maximum atomic E-state index is 13.1. The lowest BCUT2D eigenvalue weighted by Gasteiger charge is -2.33. The number of nitrogens with one attached hydrogen (secondary N) is 1. The zero-order valence-electron chi connectivity index (χ0n) is 16.2. The van der Waals surface area contributed by atoms with Crippen LogP contribution in [-0.2, 0) is 15.7 Å².